The van der Waals surface area contributed by atoms with E-state index in [1.807, 2.05) is 24.3 Å². The number of rotatable bonds is 3. The summed E-state index contributed by atoms with van der Waals surface area (Å²) in [5, 5.41) is -2.56. The molecule has 1 saturated heterocycles. The minimum absolute atomic E-state index is 0.0460. The Hall–Kier alpha value is -1.85. The number of carbonyl (C=O) groups excluding carboxylic acids is 1. The van der Waals surface area contributed by atoms with Crippen LogP contribution in [0.25, 0.3) is 0 Å². The highest BCUT2D eigenvalue weighted by Gasteiger charge is 2.47. The zero-order valence-electron chi connectivity index (χ0n) is 19.1. The number of nitrogens with one attached hydrogen (secondary N) is 1. The van der Waals surface area contributed by atoms with E-state index in [1.165, 1.54) is 4.90 Å². The standard InChI is InChI=1S/C23H31F3N2O5S/c1-15(23(24,25)26)34(30,31)27-19-6-4-12-28-20(19)13-32-17-10-8-16(9-11-17)18-5-2-3-7-21(18)33-14-22(28)29/h2-3,5,7,15-17,19-20,27H,4,6,8-14H2,1H3/t15-,16?,17?,19+,20+/m1/s1. The lowest BCUT2D eigenvalue weighted by Gasteiger charge is -2.42. The number of carbonyl (C=O) groups is 1. The molecule has 5 rings (SSSR count). The van der Waals surface area contributed by atoms with Gasteiger partial charge in [-0.3, -0.25) is 4.79 Å². The molecule has 1 N–H and O–H groups in total. The molecular formula is C23H31F3N2O5S. The van der Waals surface area contributed by atoms with E-state index in [2.05, 4.69) is 4.72 Å². The molecule has 34 heavy (non-hydrogen) atoms. The first kappa shape index (κ1) is 25.2. The van der Waals surface area contributed by atoms with Gasteiger partial charge < -0.3 is 14.4 Å². The van der Waals surface area contributed by atoms with Crippen molar-refractivity contribution in [2.24, 2.45) is 0 Å². The molecule has 0 radical (unpaired) electrons. The average molecular weight is 505 g/mol. The molecule has 190 valence electrons. The Balaban J connectivity index is 1.59. The van der Waals surface area contributed by atoms with Crippen LogP contribution in [0.4, 0.5) is 13.2 Å². The predicted octanol–water partition coefficient (Wildman–Crippen LogP) is 3.35. The molecule has 1 saturated carbocycles. The van der Waals surface area contributed by atoms with Crippen molar-refractivity contribution in [1.29, 1.82) is 0 Å². The number of para-hydroxylation sites is 1. The summed E-state index contributed by atoms with van der Waals surface area (Å²) in [6.07, 6.45) is -0.760. The molecule has 0 aromatic heterocycles. The van der Waals surface area contributed by atoms with Crippen LogP contribution in [0.2, 0.25) is 0 Å². The third-order valence-corrected chi connectivity index (χ3v) is 9.06. The first-order valence-electron chi connectivity index (χ1n) is 11.8. The van der Waals surface area contributed by atoms with Gasteiger partial charge in [0.15, 0.2) is 11.9 Å². The zero-order valence-corrected chi connectivity index (χ0v) is 19.9. The van der Waals surface area contributed by atoms with Crippen LogP contribution >= 0.6 is 0 Å². The molecule has 2 fully saturated rings. The second-order valence-electron chi connectivity index (χ2n) is 9.38. The summed E-state index contributed by atoms with van der Waals surface area (Å²) >= 11 is 0. The summed E-state index contributed by atoms with van der Waals surface area (Å²) in [4.78, 5) is 14.6. The number of hydrogen-bond donors (Lipinski definition) is 1. The first-order valence-corrected chi connectivity index (χ1v) is 13.3. The Kier molecular flexibility index (Phi) is 7.44. The van der Waals surface area contributed by atoms with Crippen molar-refractivity contribution in [2.45, 2.75) is 81.0 Å². The second kappa shape index (κ2) is 10.0. The smallest absolute Gasteiger partial charge is 0.406 e. The van der Waals surface area contributed by atoms with Gasteiger partial charge in [-0.1, -0.05) is 18.2 Å². The topological polar surface area (TPSA) is 84.9 Å². The van der Waals surface area contributed by atoms with Crippen molar-refractivity contribution in [1.82, 2.24) is 9.62 Å². The summed E-state index contributed by atoms with van der Waals surface area (Å²) in [6.45, 7) is 0.806. The Morgan fingerprint density at radius 1 is 1.12 bits per heavy atom. The predicted molar refractivity (Wildman–Crippen MR) is 119 cm³/mol. The normalized spacial score (nSPS) is 29.6. The van der Waals surface area contributed by atoms with Crippen molar-refractivity contribution in [3.8, 4) is 5.75 Å². The molecule has 4 aliphatic rings. The lowest BCUT2D eigenvalue weighted by atomic mass is 9.82. The monoisotopic (exact) mass is 504 g/mol. The van der Waals surface area contributed by atoms with Gasteiger partial charge in [0.2, 0.25) is 10.0 Å². The number of halogens is 3. The van der Waals surface area contributed by atoms with Crippen LogP contribution in [-0.4, -0.2) is 68.6 Å². The van der Waals surface area contributed by atoms with E-state index >= 15 is 0 Å². The number of hydrogen-bond acceptors (Lipinski definition) is 5. The molecule has 7 nitrogen and oxygen atoms in total. The quantitative estimate of drug-likeness (QED) is 0.683. The molecule has 11 heteroatoms. The SMILES string of the molecule is C[C@H](C(F)(F)F)S(=O)(=O)N[C@H]1CCCN2C(=O)COc3ccccc3C3CCC(CC3)OC[C@@H]12. The molecule has 1 aliphatic carbocycles. The molecule has 1 amide bonds. The fourth-order valence-electron chi connectivity index (χ4n) is 5.15. The molecule has 0 unspecified atom stereocenters. The third-order valence-electron chi connectivity index (χ3n) is 7.23. The molecule has 0 spiro atoms. The van der Waals surface area contributed by atoms with Gasteiger partial charge in [-0.05, 0) is 63.0 Å². The second-order valence-corrected chi connectivity index (χ2v) is 11.4. The molecule has 1 aromatic rings. The van der Waals surface area contributed by atoms with E-state index in [9.17, 15) is 26.4 Å². The van der Waals surface area contributed by atoms with Crippen LogP contribution < -0.4 is 9.46 Å². The number of amides is 1. The summed E-state index contributed by atoms with van der Waals surface area (Å²) in [5.74, 6) is 0.616. The summed E-state index contributed by atoms with van der Waals surface area (Å²) < 4.78 is 78.7. The van der Waals surface area contributed by atoms with Crippen molar-refractivity contribution >= 4 is 15.9 Å². The van der Waals surface area contributed by atoms with E-state index in [-0.39, 0.29) is 25.2 Å². The van der Waals surface area contributed by atoms with Crippen LogP contribution in [0.1, 0.15) is 56.9 Å². The number of piperidine rings is 1. The maximum atomic E-state index is 13.1. The minimum atomic E-state index is -4.89. The fourth-order valence-corrected chi connectivity index (χ4v) is 6.40. The Bertz CT molecular complexity index is 979. The van der Waals surface area contributed by atoms with Crippen molar-refractivity contribution in [3.05, 3.63) is 29.8 Å². The van der Waals surface area contributed by atoms with E-state index in [0.717, 1.165) is 31.2 Å². The Labute approximate surface area is 198 Å². The van der Waals surface area contributed by atoms with E-state index < -0.39 is 33.5 Å². The van der Waals surface area contributed by atoms with Gasteiger partial charge in [0.1, 0.15) is 5.75 Å². The Morgan fingerprint density at radius 3 is 2.53 bits per heavy atom. The van der Waals surface area contributed by atoms with Gasteiger partial charge in [-0.15, -0.1) is 0 Å². The number of ether oxygens (including phenoxy) is 2. The number of benzene rings is 1. The van der Waals surface area contributed by atoms with Crippen LogP contribution in [0, 0.1) is 0 Å². The zero-order chi connectivity index (χ0) is 24.5. The van der Waals surface area contributed by atoms with Crippen LogP contribution in [-0.2, 0) is 19.6 Å². The molecular weight excluding hydrogens is 473 g/mol. The van der Waals surface area contributed by atoms with Crippen LogP contribution in [0.3, 0.4) is 0 Å². The summed E-state index contributed by atoms with van der Waals surface area (Å²) in [6, 6.07) is 6.07. The summed E-state index contributed by atoms with van der Waals surface area (Å²) in [7, 11) is -4.69. The van der Waals surface area contributed by atoms with Crippen LogP contribution in [0.5, 0.6) is 5.75 Å². The molecule has 2 bridgehead atoms. The maximum absolute atomic E-state index is 13.1. The van der Waals surface area contributed by atoms with Gasteiger partial charge in [0, 0.05) is 12.6 Å². The van der Waals surface area contributed by atoms with Gasteiger partial charge >= 0.3 is 6.18 Å². The van der Waals surface area contributed by atoms with E-state index in [1.54, 1.807) is 0 Å². The van der Waals surface area contributed by atoms with Crippen molar-refractivity contribution < 1.29 is 35.9 Å². The fraction of sp³-hybridized carbons (Fsp3) is 0.696. The third kappa shape index (κ3) is 5.52. The van der Waals surface area contributed by atoms with Gasteiger partial charge in [0.05, 0.1) is 18.8 Å². The average Bonchev–Trinajstić information content (AvgIpc) is 2.82. The number of alkyl halides is 3. The van der Waals surface area contributed by atoms with Crippen molar-refractivity contribution in [3.63, 3.8) is 0 Å². The first-order chi connectivity index (χ1) is 16.1. The van der Waals surface area contributed by atoms with Gasteiger partial charge in [-0.2, -0.15) is 13.2 Å². The largest absolute Gasteiger partial charge is 0.483 e. The highest BCUT2D eigenvalue weighted by molar-refractivity contribution is 7.90. The van der Waals surface area contributed by atoms with E-state index in [0.29, 0.717) is 38.0 Å². The molecule has 1 aromatic carbocycles. The highest BCUT2D eigenvalue weighted by atomic mass is 32.2. The lowest BCUT2D eigenvalue weighted by Crippen LogP contribution is -2.61. The molecule has 3 atom stereocenters. The number of nitrogens with zero attached hydrogens (tertiary/aromatic N) is 1. The van der Waals surface area contributed by atoms with Gasteiger partial charge in [0.25, 0.3) is 5.91 Å². The molecule has 3 aliphatic heterocycles. The molecule has 3 heterocycles. The lowest BCUT2D eigenvalue weighted by molar-refractivity contribution is -0.140. The highest BCUT2D eigenvalue weighted by Crippen LogP contribution is 2.39. The van der Waals surface area contributed by atoms with E-state index in [4.69, 9.17) is 9.47 Å². The maximum Gasteiger partial charge on any atom is 0.406 e. The van der Waals surface area contributed by atoms with Crippen molar-refractivity contribution in [2.75, 3.05) is 19.8 Å². The van der Waals surface area contributed by atoms with Gasteiger partial charge in [-0.25, -0.2) is 13.1 Å². The minimum Gasteiger partial charge on any atom is -0.483 e. The summed E-state index contributed by atoms with van der Waals surface area (Å²) in [5.41, 5.74) is 1.06. The Morgan fingerprint density at radius 2 is 1.82 bits per heavy atom. The van der Waals surface area contributed by atoms with Crippen LogP contribution in [0.15, 0.2) is 24.3 Å². The number of fused-ring (bicyclic) bond motifs is 5. The number of sulfonamides is 1.